The molecule has 5 heteroatoms. The predicted molar refractivity (Wildman–Crippen MR) is 100 cm³/mol. The van der Waals surface area contributed by atoms with Gasteiger partial charge in [-0.15, -0.1) is 0 Å². The van der Waals surface area contributed by atoms with Crippen LogP contribution in [0.1, 0.15) is 30.9 Å². The summed E-state index contributed by atoms with van der Waals surface area (Å²) in [5, 5.41) is 5.57. The van der Waals surface area contributed by atoms with E-state index in [0.717, 1.165) is 17.5 Å². The van der Waals surface area contributed by atoms with Crippen LogP contribution in [0.25, 0.3) is 0 Å². The van der Waals surface area contributed by atoms with Crippen LogP contribution in [0.5, 0.6) is 5.75 Å². The third kappa shape index (κ3) is 6.30. The van der Waals surface area contributed by atoms with E-state index in [0.29, 0.717) is 23.5 Å². The molecule has 25 heavy (non-hydrogen) atoms. The Hall–Kier alpha value is -2.82. The normalized spacial score (nSPS) is 10.2. The molecular formula is C20H24N2O3. The highest BCUT2D eigenvalue weighted by atomic mass is 16.5. The van der Waals surface area contributed by atoms with Crippen molar-refractivity contribution >= 4 is 23.2 Å². The zero-order valence-corrected chi connectivity index (χ0v) is 14.9. The van der Waals surface area contributed by atoms with E-state index in [2.05, 4.69) is 10.6 Å². The number of aryl methyl sites for hydroxylation is 2. The lowest BCUT2D eigenvalue weighted by molar-refractivity contribution is -0.118. The highest BCUT2D eigenvalue weighted by Gasteiger charge is 2.06. The van der Waals surface area contributed by atoms with Crippen molar-refractivity contribution < 1.29 is 14.3 Å². The molecule has 2 N–H and O–H groups in total. The molecule has 2 rings (SSSR count). The molecule has 0 bridgehead atoms. The summed E-state index contributed by atoms with van der Waals surface area (Å²) in [6.07, 6.45) is 1.30. The minimum Gasteiger partial charge on any atom is -0.484 e. The lowest BCUT2D eigenvalue weighted by Crippen LogP contribution is -2.20. The number of hydrogen-bond acceptors (Lipinski definition) is 3. The molecule has 0 fully saturated rings. The maximum absolute atomic E-state index is 12.0. The van der Waals surface area contributed by atoms with Crippen molar-refractivity contribution in [3.63, 3.8) is 0 Å². The van der Waals surface area contributed by atoms with Gasteiger partial charge in [0, 0.05) is 17.8 Å². The molecule has 0 spiro atoms. The van der Waals surface area contributed by atoms with Crippen molar-refractivity contribution in [2.24, 2.45) is 0 Å². The van der Waals surface area contributed by atoms with E-state index in [9.17, 15) is 9.59 Å². The highest BCUT2D eigenvalue weighted by Crippen LogP contribution is 2.17. The number of nitrogens with one attached hydrogen (secondary N) is 2. The first kappa shape index (κ1) is 18.5. The van der Waals surface area contributed by atoms with E-state index in [1.807, 2.05) is 39.0 Å². The Labute approximate surface area is 148 Å². The number of ether oxygens (including phenoxy) is 1. The number of carbonyl (C=O) groups is 2. The number of carbonyl (C=O) groups excluding carboxylic acids is 2. The monoisotopic (exact) mass is 340 g/mol. The molecule has 0 aliphatic rings. The quantitative estimate of drug-likeness (QED) is 0.799. The fourth-order valence-electron chi connectivity index (χ4n) is 2.45. The molecule has 0 saturated heterocycles. The van der Waals surface area contributed by atoms with Crippen molar-refractivity contribution in [1.29, 1.82) is 0 Å². The lowest BCUT2D eigenvalue weighted by atomic mass is 10.1. The molecular weight excluding hydrogens is 316 g/mol. The number of anilines is 2. The maximum atomic E-state index is 12.0. The first-order valence-corrected chi connectivity index (χ1v) is 8.37. The summed E-state index contributed by atoms with van der Waals surface area (Å²) in [6, 6.07) is 12.9. The van der Waals surface area contributed by atoms with Gasteiger partial charge in [0.05, 0.1) is 0 Å². The van der Waals surface area contributed by atoms with Crippen LogP contribution in [0, 0.1) is 13.8 Å². The van der Waals surface area contributed by atoms with Crippen molar-refractivity contribution in [2.75, 3.05) is 17.2 Å². The van der Waals surface area contributed by atoms with Crippen LogP contribution in [-0.2, 0) is 9.59 Å². The van der Waals surface area contributed by atoms with Gasteiger partial charge in [-0.1, -0.05) is 13.0 Å². The molecule has 0 aliphatic carbocycles. The third-order valence-electron chi connectivity index (χ3n) is 3.49. The fourth-order valence-corrected chi connectivity index (χ4v) is 2.45. The molecule has 2 amide bonds. The molecule has 0 unspecified atom stereocenters. The summed E-state index contributed by atoms with van der Waals surface area (Å²) in [6.45, 7) is 5.87. The van der Waals surface area contributed by atoms with Crippen molar-refractivity contribution in [3.8, 4) is 5.75 Å². The minimum atomic E-state index is -0.234. The molecule has 0 atom stereocenters. The van der Waals surface area contributed by atoms with Gasteiger partial charge < -0.3 is 15.4 Å². The second kappa shape index (κ2) is 8.87. The Morgan fingerprint density at radius 3 is 1.92 bits per heavy atom. The first-order valence-electron chi connectivity index (χ1n) is 8.37. The molecule has 0 saturated carbocycles. The summed E-state index contributed by atoms with van der Waals surface area (Å²) in [5.74, 6) is 0.435. The molecule has 2 aromatic carbocycles. The van der Waals surface area contributed by atoms with E-state index in [1.54, 1.807) is 24.3 Å². The Morgan fingerprint density at radius 1 is 0.880 bits per heavy atom. The smallest absolute Gasteiger partial charge is 0.262 e. The van der Waals surface area contributed by atoms with Gasteiger partial charge in [-0.2, -0.15) is 0 Å². The predicted octanol–water partition coefficient (Wildman–Crippen LogP) is 4.06. The van der Waals surface area contributed by atoms with Crippen LogP contribution < -0.4 is 15.4 Å². The molecule has 0 aliphatic heterocycles. The van der Waals surface area contributed by atoms with Gasteiger partial charge in [0.25, 0.3) is 5.91 Å². The van der Waals surface area contributed by atoms with E-state index in [4.69, 9.17) is 4.74 Å². The number of hydrogen-bond donors (Lipinski definition) is 2. The van der Waals surface area contributed by atoms with Crippen LogP contribution in [0.2, 0.25) is 0 Å². The van der Waals surface area contributed by atoms with Gasteiger partial charge in [0.1, 0.15) is 5.75 Å². The number of amides is 2. The largest absolute Gasteiger partial charge is 0.484 e. The SMILES string of the molecule is CCCC(=O)Nc1ccc(NC(=O)COc2cc(C)cc(C)c2)cc1. The fraction of sp³-hybridized carbons (Fsp3) is 0.300. The molecule has 132 valence electrons. The minimum absolute atomic E-state index is 0.0128. The Bertz CT molecular complexity index is 719. The van der Waals surface area contributed by atoms with Crippen molar-refractivity contribution in [2.45, 2.75) is 33.6 Å². The second-order valence-corrected chi connectivity index (χ2v) is 6.04. The Morgan fingerprint density at radius 2 is 1.40 bits per heavy atom. The summed E-state index contributed by atoms with van der Waals surface area (Å²) in [7, 11) is 0. The van der Waals surface area contributed by atoms with Crippen LogP contribution in [0.3, 0.4) is 0 Å². The maximum Gasteiger partial charge on any atom is 0.262 e. The summed E-state index contributed by atoms with van der Waals surface area (Å²) < 4.78 is 5.54. The summed E-state index contributed by atoms with van der Waals surface area (Å²) in [5.41, 5.74) is 3.55. The molecule has 0 heterocycles. The van der Waals surface area contributed by atoms with E-state index in [1.165, 1.54) is 0 Å². The molecule has 5 nitrogen and oxygen atoms in total. The highest BCUT2D eigenvalue weighted by molar-refractivity contribution is 5.93. The topological polar surface area (TPSA) is 67.4 Å². The van der Waals surface area contributed by atoms with E-state index < -0.39 is 0 Å². The summed E-state index contributed by atoms with van der Waals surface area (Å²) in [4.78, 5) is 23.5. The second-order valence-electron chi connectivity index (χ2n) is 6.04. The van der Waals surface area contributed by atoms with Gasteiger partial charge in [0.2, 0.25) is 5.91 Å². The third-order valence-corrected chi connectivity index (χ3v) is 3.49. The standard InChI is InChI=1S/C20H24N2O3/c1-4-5-19(23)21-16-6-8-17(9-7-16)22-20(24)13-25-18-11-14(2)10-15(3)12-18/h6-12H,4-5,13H2,1-3H3,(H,21,23)(H,22,24). The Balaban J connectivity index is 1.84. The van der Waals surface area contributed by atoms with Crippen LogP contribution in [0.4, 0.5) is 11.4 Å². The van der Waals surface area contributed by atoms with Crippen molar-refractivity contribution in [3.05, 3.63) is 53.6 Å². The zero-order valence-electron chi connectivity index (χ0n) is 14.9. The van der Waals surface area contributed by atoms with E-state index >= 15 is 0 Å². The molecule has 0 aromatic heterocycles. The van der Waals surface area contributed by atoms with Gasteiger partial charge in [0.15, 0.2) is 6.61 Å². The van der Waals surface area contributed by atoms with Crippen LogP contribution >= 0.6 is 0 Å². The van der Waals surface area contributed by atoms with Crippen molar-refractivity contribution in [1.82, 2.24) is 0 Å². The van der Waals surface area contributed by atoms with Gasteiger partial charge in [-0.3, -0.25) is 9.59 Å². The van der Waals surface area contributed by atoms with Crippen LogP contribution in [-0.4, -0.2) is 18.4 Å². The average molecular weight is 340 g/mol. The number of benzene rings is 2. The van der Waals surface area contributed by atoms with Gasteiger partial charge >= 0.3 is 0 Å². The summed E-state index contributed by atoms with van der Waals surface area (Å²) >= 11 is 0. The molecule has 2 aromatic rings. The average Bonchev–Trinajstić information content (AvgIpc) is 2.54. The van der Waals surface area contributed by atoms with Crippen LogP contribution in [0.15, 0.2) is 42.5 Å². The zero-order chi connectivity index (χ0) is 18.2. The Kier molecular flexibility index (Phi) is 6.57. The first-order chi connectivity index (χ1) is 12.0. The van der Waals surface area contributed by atoms with Gasteiger partial charge in [-0.05, 0) is 67.8 Å². The molecule has 0 radical (unpaired) electrons. The lowest BCUT2D eigenvalue weighted by Gasteiger charge is -2.10. The van der Waals surface area contributed by atoms with E-state index in [-0.39, 0.29) is 18.4 Å². The van der Waals surface area contributed by atoms with Gasteiger partial charge in [-0.25, -0.2) is 0 Å². The number of rotatable bonds is 7.